The highest BCUT2D eigenvalue weighted by molar-refractivity contribution is 5.26. The van der Waals surface area contributed by atoms with Crippen LogP contribution in [0.1, 0.15) is 5.56 Å². The number of rotatable bonds is 4. The van der Waals surface area contributed by atoms with Gasteiger partial charge in [-0.05, 0) is 19.1 Å². The molecule has 0 fully saturated rings. The van der Waals surface area contributed by atoms with E-state index >= 15 is 0 Å². The van der Waals surface area contributed by atoms with Crippen molar-refractivity contribution in [1.82, 2.24) is 0 Å². The van der Waals surface area contributed by atoms with E-state index in [9.17, 15) is 0 Å². The lowest BCUT2D eigenvalue weighted by molar-refractivity contribution is -0.596. The third-order valence-electron chi connectivity index (χ3n) is 1.61. The fourth-order valence-corrected chi connectivity index (χ4v) is 0.895. The topological polar surface area (TPSA) is 25.8 Å². The minimum Gasteiger partial charge on any atom is -0.488 e. The van der Waals surface area contributed by atoms with E-state index in [4.69, 9.17) is 4.74 Å². The van der Waals surface area contributed by atoms with Crippen LogP contribution in [-0.4, -0.2) is 13.2 Å². The summed E-state index contributed by atoms with van der Waals surface area (Å²) in [6.07, 6.45) is 0. The lowest BCUT2D eigenvalue weighted by atomic mass is 10.2. The van der Waals surface area contributed by atoms with E-state index in [-0.39, 0.29) is 0 Å². The summed E-state index contributed by atoms with van der Waals surface area (Å²) in [6, 6.07) is 8.06. The Morgan fingerprint density at radius 1 is 1.33 bits per heavy atom. The molecule has 0 radical (unpaired) electrons. The summed E-state index contributed by atoms with van der Waals surface area (Å²) in [7, 11) is 3.63. The standard InChI is InChI=1S/C10H15NO/c1-9-3-5-10(6-4-9)12-8-7-11-2/h3-6H,2,7-8,11H2,1H3. The van der Waals surface area contributed by atoms with Crippen molar-refractivity contribution < 1.29 is 10.1 Å². The quantitative estimate of drug-likeness (QED) is 0.516. The molecule has 0 bridgehead atoms. The molecule has 0 heterocycles. The Bertz CT molecular complexity index is 218. The second kappa shape index (κ2) is 4.78. The molecular formula is C10H15NO. The molecule has 2 N–H and O–H groups in total. The average molecular weight is 165 g/mol. The van der Waals surface area contributed by atoms with Crippen LogP contribution in [0.15, 0.2) is 24.3 Å². The lowest BCUT2D eigenvalue weighted by Gasteiger charge is -2.05. The summed E-state index contributed by atoms with van der Waals surface area (Å²) in [5.74, 6) is 0.933. The zero-order valence-corrected chi connectivity index (χ0v) is 7.42. The van der Waals surface area contributed by atoms with Gasteiger partial charge in [-0.25, -0.2) is 0 Å². The van der Waals surface area contributed by atoms with Crippen molar-refractivity contribution in [2.75, 3.05) is 13.2 Å². The predicted octanol–water partition coefficient (Wildman–Crippen LogP) is 0.729. The molecule has 0 unspecified atom stereocenters. The Kier molecular flexibility index (Phi) is 3.61. The van der Waals surface area contributed by atoms with E-state index < -0.39 is 0 Å². The van der Waals surface area contributed by atoms with Gasteiger partial charge in [0.1, 0.15) is 12.4 Å². The minimum atomic E-state index is 0.715. The highest BCUT2D eigenvalue weighted by Crippen LogP contribution is 2.10. The lowest BCUT2D eigenvalue weighted by Crippen LogP contribution is -2.78. The smallest absolute Gasteiger partial charge is 0.135 e. The molecule has 1 aromatic carbocycles. The molecule has 0 atom stereocenters. The summed E-state index contributed by atoms with van der Waals surface area (Å²) in [5, 5.41) is 1.86. The molecular weight excluding hydrogens is 150 g/mol. The Morgan fingerprint density at radius 3 is 2.58 bits per heavy atom. The Labute approximate surface area is 73.6 Å². The van der Waals surface area contributed by atoms with Crippen molar-refractivity contribution in [3.05, 3.63) is 36.9 Å². The number of ether oxygens (including phenoxy) is 1. The van der Waals surface area contributed by atoms with E-state index in [1.807, 2.05) is 29.6 Å². The first kappa shape index (κ1) is 9.07. The van der Waals surface area contributed by atoms with Gasteiger partial charge in [-0.3, -0.25) is 0 Å². The molecule has 0 saturated carbocycles. The van der Waals surface area contributed by atoms with Gasteiger partial charge < -0.3 is 10.1 Å². The second-order valence-corrected chi connectivity index (χ2v) is 2.74. The van der Waals surface area contributed by atoms with Crippen LogP contribution in [0.25, 0.3) is 0 Å². The molecule has 2 heteroatoms. The van der Waals surface area contributed by atoms with Gasteiger partial charge in [0.15, 0.2) is 0 Å². The largest absolute Gasteiger partial charge is 0.488 e. The van der Waals surface area contributed by atoms with Crippen LogP contribution in [0.2, 0.25) is 0 Å². The molecule has 2 nitrogen and oxygen atoms in total. The predicted molar refractivity (Wildman–Crippen MR) is 48.8 cm³/mol. The van der Waals surface area contributed by atoms with Gasteiger partial charge in [0.2, 0.25) is 0 Å². The highest BCUT2D eigenvalue weighted by atomic mass is 16.5. The Balaban J connectivity index is 2.37. The molecule has 0 spiro atoms. The summed E-state index contributed by atoms with van der Waals surface area (Å²) in [4.78, 5) is 0. The molecule has 0 aromatic heterocycles. The number of hydrogen-bond donors (Lipinski definition) is 1. The molecule has 0 amide bonds. The van der Waals surface area contributed by atoms with Crippen molar-refractivity contribution in [2.24, 2.45) is 0 Å². The average Bonchev–Trinajstić information content (AvgIpc) is 2.09. The summed E-state index contributed by atoms with van der Waals surface area (Å²) < 4.78 is 5.43. The van der Waals surface area contributed by atoms with Gasteiger partial charge in [-0.15, -0.1) is 0 Å². The normalized spacial score (nSPS) is 9.83. The minimum absolute atomic E-state index is 0.715. The second-order valence-electron chi connectivity index (χ2n) is 2.74. The zero-order valence-electron chi connectivity index (χ0n) is 7.42. The molecule has 1 aromatic rings. The van der Waals surface area contributed by atoms with Gasteiger partial charge in [0.05, 0.1) is 6.54 Å². The van der Waals surface area contributed by atoms with Crippen LogP contribution >= 0.6 is 0 Å². The Hall–Kier alpha value is -1.02. The number of nitrogens with two attached hydrogens (primary N) is 1. The molecule has 1 rings (SSSR count). The maximum Gasteiger partial charge on any atom is 0.135 e. The van der Waals surface area contributed by atoms with E-state index in [1.54, 1.807) is 0 Å². The fraction of sp³-hybridized carbons (Fsp3) is 0.300. The number of hydrogen-bond acceptors (Lipinski definition) is 1. The first-order valence-electron chi connectivity index (χ1n) is 4.13. The van der Waals surface area contributed by atoms with Gasteiger partial charge in [-0.1, -0.05) is 17.7 Å². The molecule has 0 saturated heterocycles. The zero-order chi connectivity index (χ0) is 8.81. The van der Waals surface area contributed by atoms with E-state index in [0.717, 1.165) is 12.3 Å². The maximum atomic E-state index is 5.43. The monoisotopic (exact) mass is 165 g/mol. The molecule has 0 aliphatic rings. The van der Waals surface area contributed by atoms with Crippen LogP contribution in [0.4, 0.5) is 0 Å². The summed E-state index contributed by atoms with van der Waals surface area (Å²) in [6.45, 7) is 3.67. The summed E-state index contributed by atoms with van der Waals surface area (Å²) >= 11 is 0. The van der Waals surface area contributed by atoms with Gasteiger partial charge >= 0.3 is 0 Å². The van der Waals surface area contributed by atoms with Crippen LogP contribution < -0.4 is 10.1 Å². The van der Waals surface area contributed by atoms with E-state index in [1.165, 1.54) is 5.56 Å². The van der Waals surface area contributed by atoms with E-state index in [0.29, 0.717) is 6.61 Å². The first-order valence-corrected chi connectivity index (χ1v) is 4.13. The third kappa shape index (κ3) is 2.93. The van der Waals surface area contributed by atoms with Crippen molar-refractivity contribution in [2.45, 2.75) is 6.92 Å². The molecule has 12 heavy (non-hydrogen) atoms. The fourth-order valence-electron chi connectivity index (χ4n) is 0.895. The molecule has 0 aliphatic heterocycles. The van der Waals surface area contributed by atoms with Crippen molar-refractivity contribution in [1.29, 1.82) is 0 Å². The van der Waals surface area contributed by atoms with Gasteiger partial charge in [-0.2, -0.15) is 7.05 Å². The van der Waals surface area contributed by atoms with Crippen LogP contribution in [-0.2, 0) is 0 Å². The summed E-state index contributed by atoms with van der Waals surface area (Å²) in [5.41, 5.74) is 1.26. The van der Waals surface area contributed by atoms with Crippen LogP contribution in [0.3, 0.4) is 0 Å². The molecule has 66 valence electrons. The maximum absolute atomic E-state index is 5.43. The van der Waals surface area contributed by atoms with Crippen LogP contribution in [0.5, 0.6) is 5.75 Å². The van der Waals surface area contributed by atoms with E-state index in [2.05, 4.69) is 14.0 Å². The van der Waals surface area contributed by atoms with Crippen molar-refractivity contribution in [3.8, 4) is 5.75 Å². The Morgan fingerprint density at radius 2 is 2.00 bits per heavy atom. The highest BCUT2D eigenvalue weighted by Gasteiger charge is 1.91. The SMILES string of the molecule is [CH2-][NH2+]CCOc1ccc(C)cc1. The number of benzene rings is 1. The third-order valence-corrected chi connectivity index (χ3v) is 1.61. The number of quaternary nitrogens is 1. The van der Waals surface area contributed by atoms with Crippen molar-refractivity contribution >= 4 is 0 Å². The molecule has 0 aliphatic carbocycles. The number of aryl methyl sites for hydroxylation is 1. The van der Waals surface area contributed by atoms with Gasteiger partial charge in [0.25, 0.3) is 0 Å². The van der Waals surface area contributed by atoms with Crippen LogP contribution in [0, 0.1) is 14.0 Å². The van der Waals surface area contributed by atoms with Gasteiger partial charge in [0, 0.05) is 0 Å². The van der Waals surface area contributed by atoms with Crippen molar-refractivity contribution in [3.63, 3.8) is 0 Å². The first-order chi connectivity index (χ1) is 5.83.